The highest BCUT2D eigenvalue weighted by Gasteiger charge is 1.61. The van der Waals surface area contributed by atoms with Crippen molar-refractivity contribution < 1.29 is 0 Å². The average molecular weight is 110 g/mol. The first-order chi connectivity index (χ1) is 2.41. The van der Waals surface area contributed by atoms with Crippen molar-refractivity contribution in [3.8, 4) is 0 Å². The molecular formula is CH6N2S2. The molecule has 0 amide bonds. The van der Waals surface area contributed by atoms with Crippen molar-refractivity contribution in [1.82, 2.24) is 10.3 Å². The van der Waals surface area contributed by atoms with Crippen LogP contribution in [0, 0.1) is 0 Å². The van der Waals surface area contributed by atoms with E-state index in [1.54, 1.807) is 7.05 Å². The Labute approximate surface area is 40.6 Å². The molecule has 0 aliphatic heterocycles. The van der Waals surface area contributed by atoms with Crippen LogP contribution in [0.5, 0.6) is 0 Å². The number of rotatable bonds is 2. The fourth-order valence-corrected chi connectivity index (χ4v) is 0.411. The maximum Gasteiger partial charge on any atom is 0.000255 e. The first kappa shape index (κ1) is 5.62. The van der Waals surface area contributed by atoms with E-state index in [-0.39, 0.29) is 0 Å². The van der Waals surface area contributed by atoms with Gasteiger partial charge < -0.3 is 0 Å². The van der Waals surface area contributed by atoms with Gasteiger partial charge in [-0.05, 0) is 7.05 Å². The second-order valence-electron chi connectivity index (χ2n) is 0.443. The molecule has 5 heavy (non-hydrogen) atoms. The fourth-order valence-electron chi connectivity index (χ4n) is 0.0456. The highest BCUT2D eigenvalue weighted by Crippen LogP contribution is 1.91. The van der Waals surface area contributed by atoms with E-state index < -0.39 is 0 Å². The van der Waals surface area contributed by atoms with Gasteiger partial charge in [0.1, 0.15) is 0 Å². The monoisotopic (exact) mass is 110 g/mol. The number of thiol groups is 1. The second-order valence-corrected chi connectivity index (χ2v) is 1.38. The Morgan fingerprint density at radius 2 is 2.40 bits per heavy atom. The lowest BCUT2D eigenvalue weighted by Crippen LogP contribution is -2.17. The average Bonchev–Trinajstić information content (AvgIpc) is 1.41. The zero-order chi connectivity index (χ0) is 4.12. The highest BCUT2D eigenvalue weighted by molar-refractivity contribution is 8.67. The van der Waals surface area contributed by atoms with E-state index in [1.165, 1.54) is 11.0 Å². The number of hydrazine groups is 1. The summed E-state index contributed by atoms with van der Waals surface area (Å²) in [6.07, 6.45) is 0. The molecule has 0 rings (SSSR count). The minimum absolute atomic E-state index is 1.23. The highest BCUT2D eigenvalue weighted by atomic mass is 33.1. The maximum absolute atomic E-state index is 3.74. The molecule has 0 atom stereocenters. The van der Waals surface area contributed by atoms with Crippen molar-refractivity contribution in [2.75, 3.05) is 7.05 Å². The van der Waals surface area contributed by atoms with Gasteiger partial charge in [0.05, 0.1) is 0 Å². The van der Waals surface area contributed by atoms with Crippen molar-refractivity contribution in [2.45, 2.75) is 0 Å². The number of nitrogens with one attached hydrogen (secondary N) is 2. The van der Waals surface area contributed by atoms with Gasteiger partial charge in [-0.15, -0.1) is 0 Å². The van der Waals surface area contributed by atoms with Gasteiger partial charge in [-0.3, -0.25) is 5.43 Å². The molecule has 0 heterocycles. The Kier molecular flexibility index (Phi) is 5.19. The molecule has 0 unspecified atom stereocenters. The van der Waals surface area contributed by atoms with Crippen molar-refractivity contribution in [3.05, 3.63) is 0 Å². The van der Waals surface area contributed by atoms with Crippen molar-refractivity contribution in [2.24, 2.45) is 0 Å². The van der Waals surface area contributed by atoms with Crippen LogP contribution in [0.15, 0.2) is 0 Å². The van der Waals surface area contributed by atoms with Crippen molar-refractivity contribution in [3.63, 3.8) is 0 Å². The van der Waals surface area contributed by atoms with Gasteiger partial charge in [0.2, 0.25) is 0 Å². The Morgan fingerprint density at radius 3 is 2.40 bits per heavy atom. The lowest BCUT2D eigenvalue weighted by molar-refractivity contribution is 0.822. The topological polar surface area (TPSA) is 24.1 Å². The normalized spacial score (nSPS) is 8.40. The Morgan fingerprint density at radius 1 is 1.80 bits per heavy atom. The van der Waals surface area contributed by atoms with Crippen molar-refractivity contribution in [1.29, 1.82) is 0 Å². The minimum Gasteiger partial charge on any atom is -0.250 e. The third-order valence-corrected chi connectivity index (χ3v) is 0.717. The Hall–Kier alpha value is 0.620. The van der Waals surface area contributed by atoms with E-state index in [2.05, 4.69) is 21.9 Å². The summed E-state index contributed by atoms with van der Waals surface area (Å²) in [5.74, 6) is 0. The minimum atomic E-state index is 1.23. The molecule has 0 aromatic carbocycles. The molecule has 2 N–H and O–H groups in total. The molecule has 2 nitrogen and oxygen atoms in total. The van der Waals surface area contributed by atoms with Gasteiger partial charge >= 0.3 is 0 Å². The van der Waals surface area contributed by atoms with Crippen LogP contribution in [0.2, 0.25) is 0 Å². The van der Waals surface area contributed by atoms with E-state index in [4.69, 9.17) is 0 Å². The van der Waals surface area contributed by atoms with Crippen LogP contribution in [0.4, 0.5) is 0 Å². The first-order valence-corrected chi connectivity index (χ1v) is 3.01. The lowest BCUT2D eigenvalue weighted by atomic mass is 11.5. The number of hydrogen-bond donors (Lipinski definition) is 3. The summed E-state index contributed by atoms with van der Waals surface area (Å²) < 4.78 is 0. The molecule has 0 aromatic rings. The predicted molar refractivity (Wildman–Crippen MR) is 28.8 cm³/mol. The molecule has 0 aromatic heterocycles. The largest absolute Gasteiger partial charge is 0.250 e. The van der Waals surface area contributed by atoms with E-state index >= 15 is 0 Å². The molecule has 4 heteroatoms. The zero-order valence-corrected chi connectivity index (χ0v) is 4.57. The summed E-state index contributed by atoms with van der Waals surface area (Å²) in [4.78, 5) is 2.64. The van der Waals surface area contributed by atoms with E-state index in [1.807, 2.05) is 0 Å². The SMILES string of the molecule is CNNSS. The summed E-state index contributed by atoms with van der Waals surface area (Å²) in [5, 5.41) is 0. The van der Waals surface area contributed by atoms with Gasteiger partial charge in [0, 0.05) is 11.0 Å². The zero-order valence-electron chi connectivity index (χ0n) is 2.86. The van der Waals surface area contributed by atoms with Gasteiger partial charge in [-0.1, -0.05) is 11.7 Å². The van der Waals surface area contributed by atoms with Crippen LogP contribution < -0.4 is 10.3 Å². The first-order valence-electron chi connectivity index (χ1n) is 1.14. The molecule has 0 aliphatic carbocycles. The van der Waals surface area contributed by atoms with Gasteiger partial charge in [0.15, 0.2) is 0 Å². The van der Waals surface area contributed by atoms with Gasteiger partial charge in [0.25, 0.3) is 0 Å². The van der Waals surface area contributed by atoms with Crippen LogP contribution in [0.1, 0.15) is 0 Å². The van der Waals surface area contributed by atoms with E-state index in [0.29, 0.717) is 0 Å². The van der Waals surface area contributed by atoms with Crippen LogP contribution in [-0.2, 0) is 0 Å². The predicted octanol–water partition coefficient (Wildman–Crippen LogP) is 0.203. The maximum atomic E-state index is 3.74. The molecule has 0 spiro atoms. The Balaban J connectivity index is 2.19. The quantitative estimate of drug-likeness (QED) is 0.205. The molecule has 0 radical (unpaired) electrons. The fraction of sp³-hybridized carbons (Fsp3) is 1.00. The number of hydrogen-bond acceptors (Lipinski definition) is 4. The van der Waals surface area contributed by atoms with Gasteiger partial charge in [-0.2, -0.15) is 4.83 Å². The summed E-state index contributed by atoms with van der Waals surface area (Å²) in [7, 11) is 3.02. The smallest absolute Gasteiger partial charge is 0.000255 e. The van der Waals surface area contributed by atoms with Crippen LogP contribution >= 0.6 is 22.6 Å². The molecular weight excluding hydrogens is 104 g/mol. The van der Waals surface area contributed by atoms with E-state index in [9.17, 15) is 0 Å². The summed E-state index contributed by atoms with van der Waals surface area (Å²) in [6.45, 7) is 0. The molecule has 0 saturated heterocycles. The molecule has 0 saturated carbocycles. The Bertz CT molecular complexity index is 15.1. The van der Waals surface area contributed by atoms with Gasteiger partial charge in [-0.25, -0.2) is 0 Å². The third-order valence-electron chi connectivity index (χ3n) is 0.148. The van der Waals surface area contributed by atoms with E-state index in [0.717, 1.165) is 0 Å². The second kappa shape index (κ2) is 4.62. The molecule has 0 bridgehead atoms. The van der Waals surface area contributed by atoms with Crippen LogP contribution in [-0.4, -0.2) is 7.05 Å². The summed E-state index contributed by atoms with van der Waals surface area (Å²) in [6, 6.07) is 0. The standard InChI is InChI=1S/CH6N2S2/c1-2-3-5-4/h2-4H,1H3. The van der Waals surface area contributed by atoms with Crippen LogP contribution in [0.25, 0.3) is 0 Å². The summed E-state index contributed by atoms with van der Waals surface area (Å²) in [5.41, 5.74) is 2.65. The lowest BCUT2D eigenvalue weighted by Gasteiger charge is -1.87. The van der Waals surface area contributed by atoms with Crippen LogP contribution in [0.3, 0.4) is 0 Å². The summed E-state index contributed by atoms with van der Waals surface area (Å²) >= 11 is 3.74. The molecule has 0 fully saturated rings. The van der Waals surface area contributed by atoms with Crippen molar-refractivity contribution >= 4 is 22.6 Å². The molecule has 0 aliphatic rings. The molecule has 32 valence electrons. The third kappa shape index (κ3) is 4.62.